The van der Waals surface area contributed by atoms with E-state index in [1.54, 1.807) is 12.1 Å². The number of fused-ring (bicyclic) bond motifs is 2. The van der Waals surface area contributed by atoms with E-state index in [2.05, 4.69) is 44.5 Å². The molecular weight excluding hydrogens is 397 g/mol. The van der Waals surface area contributed by atoms with E-state index in [0.29, 0.717) is 29.6 Å². The van der Waals surface area contributed by atoms with Gasteiger partial charge < -0.3 is 15.6 Å². The van der Waals surface area contributed by atoms with Crippen LogP contribution in [0.4, 0.5) is 10.1 Å². The molecule has 0 aliphatic carbocycles. The number of carbonyl (C=O) groups excluding carboxylic acids is 1. The maximum absolute atomic E-state index is 13.3. The monoisotopic (exact) mass is 415 g/mol. The highest BCUT2D eigenvalue weighted by Crippen LogP contribution is 2.41. The van der Waals surface area contributed by atoms with Crippen LogP contribution in [0.15, 0.2) is 46.9 Å². The number of H-pyrrole nitrogens is 1. The van der Waals surface area contributed by atoms with Crippen LogP contribution in [0.5, 0.6) is 0 Å². The number of aromatic amines is 1. The van der Waals surface area contributed by atoms with E-state index >= 15 is 0 Å². The molecule has 3 aromatic rings. The molecule has 6 heteroatoms. The van der Waals surface area contributed by atoms with Crippen LogP contribution >= 0.6 is 15.9 Å². The van der Waals surface area contributed by atoms with Gasteiger partial charge in [0.2, 0.25) is 0 Å². The predicted octanol–water partition coefficient (Wildman–Crippen LogP) is 4.79. The van der Waals surface area contributed by atoms with Gasteiger partial charge in [-0.1, -0.05) is 12.1 Å². The Hall–Kier alpha value is -2.34. The van der Waals surface area contributed by atoms with Gasteiger partial charge in [-0.05, 0) is 65.2 Å². The standard InChI is InChI=1S/C20H19BrFN3O/c1-11-14(15-3-2-4-16(21)19(15)24-11)7-8-23-20(26)18-10-12-9-13(22)5-6-17(12)25-18/h2-6,9-11,14,24-25H,7-8H2,1H3,(H,23,26). The zero-order valence-corrected chi connectivity index (χ0v) is 15.9. The first-order valence-corrected chi connectivity index (χ1v) is 9.43. The number of carbonyl (C=O) groups is 1. The Balaban J connectivity index is 1.41. The van der Waals surface area contributed by atoms with Gasteiger partial charge in [0, 0.05) is 33.9 Å². The number of halogens is 2. The summed E-state index contributed by atoms with van der Waals surface area (Å²) >= 11 is 3.58. The molecule has 2 aromatic carbocycles. The zero-order chi connectivity index (χ0) is 18.3. The Labute approximate surface area is 159 Å². The van der Waals surface area contributed by atoms with Crippen LogP contribution in [0.25, 0.3) is 10.9 Å². The third kappa shape index (κ3) is 3.09. The molecule has 1 aliphatic rings. The Morgan fingerprint density at radius 3 is 2.96 bits per heavy atom. The fourth-order valence-corrected chi connectivity index (χ4v) is 4.16. The van der Waals surface area contributed by atoms with Crippen molar-refractivity contribution in [2.45, 2.75) is 25.3 Å². The van der Waals surface area contributed by atoms with Gasteiger partial charge in [0.15, 0.2) is 0 Å². The summed E-state index contributed by atoms with van der Waals surface area (Å²) in [5.41, 5.74) is 3.63. The van der Waals surface area contributed by atoms with E-state index in [9.17, 15) is 9.18 Å². The van der Waals surface area contributed by atoms with Gasteiger partial charge in [-0.25, -0.2) is 4.39 Å². The van der Waals surface area contributed by atoms with Gasteiger partial charge in [-0.15, -0.1) is 0 Å². The lowest BCUT2D eigenvalue weighted by molar-refractivity contribution is 0.0948. The molecule has 3 N–H and O–H groups in total. The summed E-state index contributed by atoms with van der Waals surface area (Å²) in [4.78, 5) is 15.4. The first kappa shape index (κ1) is 17.1. The van der Waals surface area contributed by atoms with Gasteiger partial charge in [0.1, 0.15) is 11.5 Å². The molecule has 0 fully saturated rings. The molecular formula is C20H19BrFN3O. The molecule has 0 saturated carbocycles. The maximum Gasteiger partial charge on any atom is 0.267 e. The molecule has 4 rings (SSSR count). The number of benzene rings is 2. The smallest absolute Gasteiger partial charge is 0.267 e. The minimum absolute atomic E-state index is 0.172. The van der Waals surface area contributed by atoms with E-state index in [1.165, 1.54) is 17.7 Å². The third-order valence-electron chi connectivity index (χ3n) is 4.99. The van der Waals surface area contributed by atoms with E-state index < -0.39 is 0 Å². The molecule has 26 heavy (non-hydrogen) atoms. The highest BCUT2D eigenvalue weighted by atomic mass is 79.9. The average Bonchev–Trinajstić information content (AvgIpc) is 3.17. The lowest BCUT2D eigenvalue weighted by atomic mass is 9.93. The lowest BCUT2D eigenvalue weighted by Gasteiger charge is -2.16. The number of nitrogens with one attached hydrogen (secondary N) is 3. The van der Waals surface area contributed by atoms with Crippen LogP contribution < -0.4 is 10.6 Å². The Morgan fingerprint density at radius 1 is 1.27 bits per heavy atom. The van der Waals surface area contributed by atoms with Crippen molar-refractivity contribution in [2.75, 3.05) is 11.9 Å². The second-order valence-electron chi connectivity index (χ2n) is 6.70. The summed E-state index contributed by atoms with van der Waals surface area (Å²) in [6.07, 6.45) is 0.845. The first-order valence-electron chi connectivity index (χ1n) is 8.64. The molecule has 134 valence electrons. The van der Waals surface area contributed by atoms with Crippen molar-refractivity contribution in [3.63, 3.8) is 0 Å². The molecule has 2 unspecified atom stereocenters. The third-order valence-corrected chi connectivity index (χ3v) is 5.65. The largest absolute Gasteiger partial charge is 0.381 e. The van der Waals surface area contributed by atoms with Crippen LogP contribution in [0.3, 0.4) is 0 Å². The highest BCUT2D eigenvalue weighted by Gasteiger charge is 2.29. The topological polar surface area (TPSA) is 56.9 Å². The molecule has 0 spiro atoms. The van der Waals surface area contributed by atoms with Crippen molar-refractivity contribution in [3.8, 4) is 0 Å². The Bertz CT molecular complexity index is 984. The van der Waals surface area contributed by atoms with E-state index in [-0.39, 0.29) is 11.7 Å². The van der Waals surface area contributed by atoms with Crippen LogP contribution in [-0.2, 0) is 0 Å². The average molecular weight is 416 g/mol. The van der Waals surface area contributed by atoms with E-state index in [4.69, 9.17) is 0 Å². The fourth-order valence-electron chi connectivity index (χ4n) is 3.67. The lowest BCUT2D eigenvalue weighted by Crippen LogP contribution is -2.27. The van der Waals surface area contributed by atoms with Crippen LogP contribution in [-0.4, -0.2) is 23.5 Å². The SMILES string of the molecule is CC1Nc2c(Br)cccc2C1CCNC(=O)c1cc2cc(F)ccc2[nH]1. The van der Waals surface area contributed by atoms with Gasteiger partial charge in [0.25, 0.3) is 5.91 Å². The van der Waals surface area contributed by atoms with Gasteiger partial charge in [0.05, 0.1) is 5.69 Å². The molecule has 2 atom stereocenters. The number of hydrogen-bond acceptors (Lipinski definition) is 2. The maximum atomic E-state index is 13.3. The van der Waals surface area contributed by atoms with Crippen molar-refractivity contribution in [1.82, 2.24) is 10.3 Å². The summed E-state index contributed by atoms with van der Waals surface area (Å²) < 4.78 is 14.4. The number of anilines is 1. The highest BCUT2D eigenvalue weighted by molar-refractivity contribution is 9.10. The van der Waals surface area contributed by atoms with Crippen molar-refractivity contribution < 1.29 is 9.18 Å². The van der Waals surface area contributed by atoms with Crippen LogP contribution in [0.2, 0.25) is 0 Å². The van der Waals surface area contributed by atoms with Crippen LogP contribution in [0.1, 0.15) is 35.3 Å². The van der Waals surface area contributed by atoms with Crippen LogP contribution in [0, 0.1) is 5.82 Å². The minimum atomic E-state index is -0.309. The number of amides is 1. The van der Waals surface area contributed by atoms with Gasteiger partial charge in [-0.2, -0.15) is 0 Å². The summed E-state index contributed by atoms with van der Waals surface area (Å²) in [6, 6.07) is 12.6. The summed E-state index contributed by atoms with van der Waals surface area (Å²) in [7, 11) is 0. The second kappa shape index (κ2) is 6.76. The summed E-state index contributed by atoms with van der Waals surface area (Å²) in [5.74, 6) is -0.134. The van der Waals surface area contributed by atoms with E-state index in [0.717, 1.165) is 22.1 Å². The summed E-state index contributed by atoms with van der Waals surface area (Å²) in [6.45, 7) is 2.73. The number of para-hydroxylation sites is 1. The molecule has 0 radical (unpaired) electrons. The number of aromatic nitrogens is 1. The molecule has 1 aromatic heterocycles. The van der Waals surface area contributed by atoms with Crippen molar-refractivity contribution >= 4 is 38.4 Å². The van der Waals surface area contributed by atoms with Gasteiger partial charge >= 0.3 is 0 Å². The summed E-state index contributed by atoms with van der Waals surface area (Å²) in [5, 5.41) is 7.17. The minimum Gasteiger partial charge on any atom is -0.381 e. The van der Waals surface area contributed by atoms with Crippen molar-refractivity contribution in [3.05, 3.63) is 64.0 Å². The zero-order valence-electron chi connectivity index (χ0n) is 14.3. The van der Waals surface area contributed by atoms with Crippen molar-refractivity contribution in [2.24, 2.45) is 0 Å². The molecule has 1 aliphatic heterocycles. The Morgan fingerprint density at radius 2 is 2.12 bits per heavy atom. The van der Waals surface area contributed by atoms with E-state index in [1.807, 2.05) is 12.1 Å². The molecule has 1 amide bonds. The molecule has 0 bridgehead atoms. The fraction of sp³-hybridized carbons (Fsp3) is 0.250. The molecule has 0 saturated heterocycles. The quantitative estimate of drug-likeness (QED) is 0.573. The normalized spacial score (nSPS) is 18.6. The van der Waals surface area contributed by atoms with Gasteiger partial charge in [-0.3, -0.25) is 4.79 Å². The Kier molecular flexibility index (Phi) is 4.44. The predicted molar refractivity (Wildman–Crippen MR) is 105 cm³/mol. The first-order chi connectivity index (χ1) is 12.5. The second-order valence-corrected chi connectivity index (χ2v) is 7.56. The molecule has 4 nitrogen and oxygen atoms in total. The van der Waals surface area contributed by atoms with Crippen molar-refractivity contribution in [1.29, 1.82) is 0 Å². The molecule has 2 heterocycles. The number of hydrogen-bond donors (Lipinski definition) is 3. The number of rotatable bonds is 4.